The number of halogens is 1. The number of benzene rings is 1. The normalized spacial score (nSPS) is 13.9. The van der Waals surface area contributed by atoms with E-state index in [1.165, 1.54) is 30.3 Å². The van der Waals surface area contributed by atoms with Gasteiger partial charge in [0.25, 0.3) is 5.69 Å². The molecule has 0 bridgehead atoms. The van der Waals surface area contributed by atoms with Crippen molar-refractivity contribution in [3.05, 3.63) is 52.1 Å². The maximum absolute atomic E-state index is 13.3. The van der Waals surface area contributed by atoms with Crippen LogP contribution in [0.3, 0.4) is 0 Å². The van der Waals surface area contributed by atoms with Gasteiger partial charge in [-0.1, -0.05) is 0 Å². The second-order valence-electron chi connectivity index (χ2n) is 5.10. The third-order valence-corrected chi connectivity index (χ3v) is 3.72. The quantitative estimate of drug-likeness (QED) is 0.631. The summed E-state index contributed by atoms with van der Waals surface area (Å²) in [5, 5.41) is 11.4. The van der Waals surface area contributed by atoms with Gasteiger partial charge in [-0.2, -0.15) is 0 Å². The lowest BCUT2D eigenvalue weighted by Gasteiger charge is -2.25. The summed E-state index contributed by atoms with van der Waals surface area (Å²) >= 11 is 0. The van der Waals surface area contributed by atoms with Crippen LogP contribution in [0.1, 0.15) is 12.0 Å². The first kappa shape index (κ1) is 14.1. The van der Waals surface area contributed by atoms with Gasteiger partial charge in [-0.3, -0.25) is 19.9 Å². The Kier molecular flexibility index (Phi) is 3.32. The number of hydrogen-bond donors (Lipinski definition) is 0. The van der Waals surface area contributed by atoms with Crippen LogP contribution in [0.4, 0.5) is 15.8 Å². The summed E-state index contributed by atoms with van der Waals surface area (Å²) in [6.07, 6.45) is 3.25. The van der Waals surface area contributed by atoms with Crippen LogP contribution in [-0.2, 0) is 11.2 Å². The average molecular weight is 301 g/mol. The zero-order valence-electron chi connectivity index (χ0n) is 11.7. The molecule has 7 heteroatoms. The van der Waals surface area contributed by atoms with Crippen LogP contribution in [0.5, 0.6) is 0 Å². The molecule has 1 amide bonds. The van der Waals surface area contributed by atoms with Gasteiger partial charge < -0.3 is 4.90 Å². The Labute approximate surface area is 125 Å². The van der Waals surface area contributed by atoms with Crippen molar-refractivity contribution in [3.63, 3.8) is 0 Å². The van der Waals surface area contributed by atoms with Crippen LogP contribution in [-0.4, -0.2) is 22.9 Å². The Morgan fingerprint density at radius 1 is 1.23 bits per heavy atom. The Morgan fingerprint density at radius 2 is 2.00 bits per heavy atom. The van der Waals surface area contributed by atoms with Gasteiger partial charge in [0.1, 0.15) is 11.5 Å². The molecule has 6 nitrogen and oxygen atoms in total. The minimum absolute atomic E-state index is 0.157. The number of nitro benzene ring substituents is 1. The van der Waals surface area contributed by atoms with Gasteiger partial charge in [-0.25, -0.2) is 4.39 Å². The SMILES string of the molecule is CN1C(=O)CCc2cc(-c3cncc(F)c3)cc([N+](=O)[O-])c21. The first-order valence-corrected chi connectivity index (χ1v) is 6.66. The number of nitrogens with zero attached hydrogens (tertiary/aromatic N) is 3. The van der Waals surface area contributed by atoms with E-state index in [4.69, 9.17) is 0 Å². The molecule has 0 aliphatic carbocycles. The van der Waals surface area contributed by atoms with Crippen molar-refractivity contribution in [2.24, 2.45) is 0 Å². The number of hydrogen-bond acceptors (Lipinski definition) is 4. The van der Waals surface area contributed by atoms with Crippen LogP contribution in [0.25, 0.3) is 11.1 Å². The third-order valence-electron chi connectivity index (χ3n) is 3.72. The lowest BCUT2D eigenvalue weighted by atomic mass is 9.95. The van der Waals surface area contributed by atoms with Crippen molar-refractivity contribution >= 4 is 17.3 Å². The molecule has 1 aliphatic heterocycles. The molecule has 0 spiro atoms. The number of pyridine rings is 1. The Balaban J connectivity index is 2.22. The van der Waals surface area contributed by atoms with Gasteiger partial charge in [-0.15, -0.1) is 0 Å². The summed E-state index contributed by atoms with van der Waals surface area (Å²) in [5.74, 6) is -0.666. The van der Waals surface area contributed by atoms with Crippen LogP contribution in [0.2, 0.25) is 0 Å². The molecule has 1 aromatic heterocycles. The van der Waals surface area contributed by atoms with E-state index in [-0.39, 0.29) is 11.6 Å². The number of aromatic nitrogens is 1. The molecule has 1 aliphatic rings. The van der Waals surface area contributed by atoms with Crippen molar-refractivity contribution in [2.45, 2.75) is 12.8 Å². The summed E-state index contributed by atoms with van der Waals surface area (Å²) < 4.78 is 13.3. The minimum Gasteiger partial charge on any atom is -0.309 e. The second kappa shape index (κ2) is 5.18. The summed E-state index contributed by atoms with van der Waals surface area (Å²) in [5.41, 5.74) is 1.84. The molecule has 22 heavy (non-hydrogen) atoms. The van der Waals surface area contributed by atoms with Gasteiger partial charge >= 0.3 is 0 Å². The number of rotatable bonds is 2. The Morgan fingerprint density at radius 3 is 2.68 bits per heavy atom. The van der Waals surface area contributed by atoms with Crippen molar-refractivity contribution in [3.8, 4) is 11.1 Å². The van der Waals surface area contributed by atoms with E-state index < -0.39 is 10.7 Å². The molecule has 0 saturated heterocycles. The van der Waals surface area contributed by atoms with Crippen LogP contribution in [0, 0.1) is 15.9 Å². The van der Waals surface area contributed by atoms with E-state index >= 15 is 0 Å². The van der Waals surface area contributed by atoms with E-state index in [0.29, 0.717) is 35.2 Å². The number of amides is 1. The summed E-state index contributed by atoms with van der Waals surface area (Å²) in [6.45, 7) is 0. The van der Waals surface area contributed by atoms with E-state index in [0.717, 1.165) is 6.20 Å². The zero-order chi connectivity index (χ0) is 15.9. The fourth-order valence-electron chi connectivity index (χ4n) is 2.67. The van der Waals surface area contributed by atoms with Crippen LogP contribution < -0.4 is 4.90 Å². The first-order valence-electron chi connectivity index (χ1n) is 6.66. The molecule has 0 atom stereocenters. The highest BCUT2D eigenvalue weighted by Gasteiger charge is 2.30. The number of aryl methyl sites for hydroxylation is 1. The Hall–Kier alpha value is -2.83. The highest BCUT2D eigenvalue weighted by atomic mass is 19.1. The second-order valence-corrected chi connectivity index (χ2v) is 5.10. The minimum atomic E-state index is -0.524. The molecule has 0 fully saturated rings. The molecular weight excluding hydrogens is 289 g/mol. The maximum atomic E-state index is 13.3. The van der Waals surface area contributed by atoms with Crippen LogP contribution >= 0.6 is 0 Å². The lowest BCUT2D eigenvalue weighted by Crippen LogP contribution is -2.31. The van der Waals surface area contributed by atoms with Gasteiger partial charge in [-0.05, 0) is 29.7 Å². The largest absolute Gasteiger partial charge is 0.309 e. The molecule has 2 heterocycles. The molecule has 0 unspecified atom stereocenters. The fraction of sp³-hybridized carbons (Fsp3) is 0.200. The monoisotopic (exact) mass is 301 g/mol. The fourth-order valence-corrected chi connectivity index (χ4v) is 2.67. The van der Waals surface area contributed by atoms with E-state index in [1.807, 2.05) is 0 Å². The van der Waals surface area contributed by atoms with Crippen molar-refractivity contribution in [2.75, 3.05) is 11.9 Å². The van der Waals surface area contributed by atoms with Crippen molar-refractivity contribution in [1.82, 2.24) is 4.98 Å². The third kappa shape index (κ3) is 2.30. The van der Waals surface area contributed by atoms with Gasteiger partial charge in [0, 0.05) is 31.3 Å². The molecule has 1 aromatic carbocycles. The number of fused-ring (bicyclic) bond motifs is 1. The molecule has 112 valence electrons. The van der Waals surface area contributed by atoms with Gasteiger partial charge in [0.15, 0.2) is 0 Å². The maximum Gasteiger partial charge on any atom is 0.293 e. The summed E-state index contributed by atoms with van der Waals surface area (Å²) in [6, 6.07) is 4.38. The summed E-state index contributed by atoms with van der Waals surface area (Å²) in [7, 11) is 1.52. The topological polar surface area (TPSA) is 76.3 Å². The van der Waals surface area contributed by atoms with Crippen molar-refractivity contribution in [1.29, 1.82) is 0 Å². The highest BCUT2D eigenvalue weighted by Crippen LogP contribution is 2.39. The molecular formula is C15H12FN3O3. The average Bonchev–Trinajstić information content (AvgIpc) is 2.50. The lowest BCUT2D eigenvalue weighted by molar-refractivity contribution is -0.384. The predicted octanol–water partition coefficient (Wildman–Crippen LogP) is 2.70. The summed E-state index contributed by atoms with van der Waals surface area (Å²) in [4.78, 5) is 27.7. The number of anilines is 1. The molecule has 2 aromatic rings. The standard InChI is InChI=1S/C15H12FN3O3/c1-18-14(20)3-2-9-4-10(6-13(15(9)18)19(21)22)11-5-12(16)8-17-7-11/h4-8H,2-3H2,1H3. The van der Waals surface area contributed by atoms with E-state index in [1.54, 1.807) is 6.07 Å². The highest BCUT2D eigenvalue weighted by molar-refractivity contribution is 5.99. The smallest absolute Gasteiger partial charge is 0.293 e. The first-order chi connectivity index (χ1) is 10.5. The number of carbonyl (C=O) groups is 1. The Bertz CT molecular complexity index is 792. The van der Waals surface area contributed by atoms with Crippen molar-refractivity contribution < 1.29 is 14.1 Å². The van der Waals surface area contributed by atoms with E-state index in [9.17, 15) is 19.3 Å². The van der Waals surface area contributed by atoms with Gasteiger partial charge in [0.05, 0.1) is 11.1 Å². The molecule has 0 radical (unpaired) electrons. The zero-order valence-corrected chi connectivity index (χ0v) is 11.7. The molecule has 3 rings (SSSR count). The number of nitro groups is 1. The molecule has 0 N–H and O–H groups in total. The predicted molar refractivity (Wildman–Crippen MR) is 78.0 cm³/mol. The number of carbonyl (C=O) groups excluding carboxylic acids is 1. The van der Waals surface area contributed by atoms with E-state index in [2.05, 4.69) is 4.98 Å². The van der Waals surface area contributed by atoms with Gasteiger partial charge in [0.2, 0.25) is 5.91 Å². The molecule has 0 saturated carbocycles. The van der Waals surface area contributed by atoms with Crippen LogP contribution in [0.15, 0.2) is 30.6 Å².